The minimum Gasteiger partial charge on any atom is -0.468 e. The summed E-state index contributed by atoms with van der Waals surface area (Å²) in [7, 11) is 1.28. The second-order valence-electron chi connectivity index (χ2n) is 9.58. The molecular formula is C30H34N4O3. The lowest BCUT2D eigenvalue weighted by atomic mass is 9.83. The molecule has 2 aromatic carbocycles. The fourth-order valence-electron chi connectivity index (χ4n) is 5.19. The van der Waals surface area contributed by atoms with Gasteiger partial charge in [-0.15, -0.1) is 0 Å². The minimum absolute atomic E-state index is 0.272. The summed E-state index contributed by atoms with van der Waals surface area (Å²) >= 11 is 0. The van der Waals surface area contributed by atoms with Gasteiger partial charge in [-0.2, -0.15) is 5.10 Å². The summed E-state index contributed by atoms with van der Waals surface area (Å²) in [6.07, 6.45) is 10.8. The lowest BCUT2D eigenvalue weighted by Crippen LogP contribution is -2.21. The van der Waals surface area contributed by atoms with Crippen molar-refractivity contribution in [3.05, 3.63) is 70.8 Å². The normalized spacial score (nSPS) is 15.0. The molecule has 1 aromatic heterocycles. The van der Waals surface area contributed by atoms with Gasteiger partial charge in [-0.3, -0.25) is 19.7 Å². The maximum absolute atomic E-state index is 12.2. The molecule has 1 atom stereocenters. The van der Waals surface area contributed by atoms with E-state index in [4.69, 9.17) is 10.5 Å². The van der Waals surface area contributed by atoms with Crippen molar-refractivity contribution < 1.29 is 14.3 Å². The average Bonchev–Trinajstić information content (AvgIpc) is 3.30. The first kappa shape index (κ1) is 26.1. The molecule has 1 aliphatic rings. The van der Waals surface area contributed by atoms with Crippen LogP contribution >= 0.6 is 0 Å². The Balaban J connectivity index is 1.51. The first-order valence-electron chi connectivity index (χ1n) is 12.7. The summed E-state index contributed by atoms with van der Waals surface area (Å²) < 4.78 is 4.82. The van der Waals surface area contributed by atoms with E-state index in [1.165, 1.54) is 33.3 Å². The van der Waals surface area contributed by atoms with Crippen LogP contribution in [0.5, 0.6) is 0 Å². The number of nitrogens with one attached hydrogen (secondary N) is 1. The third-order valence-corrected chi connectivity index (χ3v) is 7.12. The van der Waals surface area contributed by atoms with Gasteiger partial charge in [0.25, 0.3) is 0 Å². The number of rotatable bonds is 9. The topological polar surface area (TPSA) is 110 Å². The summed E-state index contributed by atoms with van der Waals surface area (Å²) in [6, 6.07) is 13.7. The molecule has 1 heterocycles. The summed E-state index contributed by atoms with van der Waals surface area (Å²) in [4.78, 5) is 28.3. The molecule has 37 heavy (non-hydrogen) atoms. The van der Waals surface area contributed by atoms with Crippen molar-refractivity contribution in [1.82, 2.24) is 10.2 Å². The quantitative estimate of drug-likeness (QED) is 0.209. The van der Waals surface area contributed by atoms with Crippen molar-refractivity contribution in [2.45, 2.75) is 57.3 Å². The number of nitrogens with zero attached hydrogens (tertiary/aromatic N) is 2. The predicted octanol–water partition coefficient (Wildman–Crippen LogP) is 6.14. The van der Waals surface area contributed by atoms with Crippen molar-refractivity contribution in [3.8, 4) is 11.3 Å². The standard InChI is InChI=1S/C30H34N4O3/c1-19(35)26(30(36)37-3)24-16-17-25(32-2)23(18-24)11-7-8-20-12-14-22(15-13-20)28-27(29(31)34-33-28)21-9-5-4-6-10-21/h7,11-18,21,26H,2,4-6,8-10H2,1,3H3,(H3,31,33,34)/b11-7-. The van der Waals surface area contributed by atoms with E-state index in [9.17, 15) is 9.59 Å². The van der Waals surface area contributed by atoms with Crippen LogP contribution in [0.25, 0.3) is 17.3 Å². The van der Waals surface area contributed by atoms with Crippen molar-refractivity contribution in [3.63, 3.8) is 0 Å². The number of Topliss-reactive ketones (excluding diaryl/α,β-unsaturated/α-hetero) is 1. The molecule has 1 unspecified atom stereocenters. The number of aliphatic imine (C=N–C) groups is 1. The van der Waals surface area contributed by atoms with Gasteiger partial charge in [0, 0.05) is 16.7 Å². The van der Waals surface area contributed by atoms with Crippen molar-refractivity contribution >= 4 is 36.1 Å². The van der Waals surface area contributed by atoms with Gasteiger partial charge in [0.05, 0.1) is 18.5 Å². The maximum atomic E-state index is 12.2. The fraction of sp³-hybridized carbons (Fsp3) is 0.333. The zero-order valence-electron chi connectivity index (χ0n) is 21.5. The molecule has 0 amide bonds. The number of esters is 1. The van der Waals surface area contributed by atoms with Crippen LogP contribution in [0.4, 0.5) is 11.5 Å². The van der Waals surface area contributed by atoms with Gasteiger partial charge >= 0.3 is 5.97 Å². The molecule has 0 saturated heterocycles. The first-order chi connectivity index (χ1) is 17.9. The van der Waals surface area contributed by atoms with Gasteiger partial charge in [-0.05, 0) is 62.1 Å². The number of carbonyl (C=O) groups excluding carboxylic acids is 2. The summed E-state index contributed by atoms with van der Waals surface area (Å²) in [5.74, 6) is -0.658. The van der Waals surface area contributed by atoms with Gasteiger partial charge in [-0.25, -0.2) is 0 Å². The number of hydrogen-bond acceptors (Lipinski definition) is 6. The number of anilines is 1. The van der Waals surface area contributed by atoms with E-state index >= 15 is 0 Å². The van der Waals surface area contributed by atoms with Crippen LogP contribution in [-0.2, 0) is 20.7 Å². The molecule has 4 rings (SSSR count). The number of aromatic nitrogens is 2. The Labute approximate surface area is 217 Å². The number of hydrogen-bond donors (Lipinski definition) is 2. The van der Waals surface area contributed by atoms with Crippen molar-refractivity contribution in [1.29, 1.82) is 0 Å². The van der Waals surface area contributed by atoms with Crippen LogP contribution in [0.1, 0.15) is 73.1 Å². The second kappa shape index (κ2) is 11.8. The van der Waals surface area contributed by atoms with Gasteiger partial charge in [0.2, 0.25) is 0 Å². The molecule has 1 fully saturated rings. The molecule has 3 aromatic rings. The number of nitrogens with two attached hydrogens (primary N) is 1. The Morgan fingerprint density at radius 3 is 2.57 bits per heavy atom. The molecule has 1 aliphatic carbocycles. The molecule has 3 N–H and O–H groups in total. The molecular weight excluding hydrogens is 464 g/mol. The third-order valence-electron chi connectivity index (χ3n) is 7.12. The lowest BCUT2D eigenvalue weighted by molar-refractivity contribution is -0.145. The smallest absolute Gasteiger partial charge is 0.320 e. The monoisotopic (exact) mass is 498 g/mol. The van der Waals surface area contributed by atoms with Gasteiger partial charge in [0.15, 0.2) is 0 Å². The van der Waals surface area contributed by atoms with Crippen LogP contribution in [0.15, 0.2) is 53.5 Å². The molecule has 7 heteroatoms. The molecule has 0 aliphatic heterocycles. The van der Waals surface area contributed by atoms with Gasteiger partial charge in [-0.1, -0.05) is 61.7 Å². The van der Waals surface area contributed by atoms with Crippen molar-refractivity contribution in [2.75, 3.05) is 12.8 Å². The fourth-order valence-corrected chi connectivity index (χ4v) is 5.19. The molecule has 7 nitrogen and oxygen atoms in total. The van der Waals surface area contributed by atoms with Crippen LogP contribution in [0.2, 0.25) is 0 Å². The van der Waals surface area contributed by atoms with Gasteiger partial charge < -0.3 is 10.5 Å². The van der Waals surface area contributed by atoms with Crippen LogP contribution < -0.4 is 5.73 Å². The van der Waals surface area contributed by atoms with Crippen molar-refractivity contribution in [2.24, 2.45) is 4.99 Å². The molecule has 0 spiro atoms. The van der Waals surface area contributed by atoms with E-state index < -0.39 is 11.9 Å². The zero-order valence-corrected chi connectivity index (χ0v) is 21.5. The number of carbonyl (C=O) groups is 2. The Morgan fingerprint density at radius 1 is 1.19 bits per heavy atom. The van der Waals surface area contributed by atoms with E-state index in [1.54, 1.807) is 18.2 Å². The SMILES string of the molecule is C=Nc1ccc(C(C(C)=O)C(=O)OC)cc1/C=C\Cc1ccc(-c2n[nH]c(N)c2C2CCCCC2)cc1. The molecule has 0 bridgehead atoms. The van der Waals surface area contributed by atoms with Crippen LogP contribution in [-0.4, -0.2) is 35.8 Å². The molecule has 192 valence electrons. The predicted molar refractivity (Wildman–Crippen MR) is 148 cm³/mol. The van der Waals surface area contributed by atoms with Crippen LogP contribution in [0.3, 0.4) is 0 Å². The Kier molecular flexibility index (Phi) is 8.33. The second-order valence-corrected chi connectivity index (χ2v) is 9.58. The molecule has 1 saturated carbocycles. The Morgan fingerprint density at radius 2 is 1.92 bits per heavy atom. The summed E-state index contributed by atoms with van der Waals surface area (Å²) in [6.45, 7) is 5.02. The highest BCUT2D eigenvalue weighted by Gasteiger charge is 2.27. The van der Waals surface area contributed by atoms with E-state index in [1.807, 2.05) is 12.2 Å². The number of benzene rings is 2. The summed E-state index contributed by atoms with van der Waals surface area (Å²) in [5.41, 5.74) is 12.6. The lowest BCUT2D eigenvalue weighted by Gasteiger charge is -2.22. The highest BCUT2D eigenvalue weighted by atomic mass is 16.5. The van der Waals surface area contributed by atoms with Gasteiger partial charge in [0.1, 0.15) is 17.5 Å². The number of H-pyrrole nitrogens is 1. The molecule has 0 radical (unpaired) electrons. The zero-order chi connectivity index (χ0) is 26.4. The number of allylic oxidation sites excluding steroid dienone is 1. The Hall–Kier alpha value is -4.00. The Bertz CT molecular complexity index is 1300. The average molecular weight is 499 g/mol. The number of ether oxygens (including phenoxy) is 1. The van der Waals surface area contributed by atoms with E-state index in [0.717, 1.165) is 40.8 Å². The highest BCUT2D eigenvalue weighted by Crippen LogP contribution is 2.40. The number of ketones is 1. The highest BCUT2D eigenvalue weighted by molar-refractivity contribution is 6.03. The number of nitrogen functional groups attached to an aromatic ring is 1. The summed E-state index contributed by atoms with van der Waals surface area (Å²) in [5, 5.41) is 7.52. The first-order valence-corrected chi connectivity index (χ1v) is 12.7. The maximum Gasteiger partial charge on any atom is 0.320 e. The number of aromatic amines is 1. The minimum atomic E-state index is -0.960. The van der Waals surface area contributed by atoms with Crippen LogP contribution in [0, 0.1) is 0 Å². The van der Waals surface area contributed by atoms with E-state index in [2.05, 4.69) is 46.2 Å². The van der Waals surface area contributed by atoms with E-state index in [0.29, 0.717) is 29.4 Å². The largest absolute Gasteiger partial charge is 0.468 e. The van der Waals surface area contributed by atoms with E-state index in [-0.39, 0.29) is 5.78 Å². The number of methoxy groups -OCH3 is 1. The third kappa shape index (κ3) is 5.88.